The molecule has 2 aromatic heterocycles. The van der Waals surface area contributed by atoms with Gasteiger partial charge in [0.25, 0.3) is 0 Å². The molecule has 0 unspecified atom stereocenters. The van der Waals surface area contributed by atoms with Crippen LogP contribution in [0.25, 0.3) is 11.0 Å². The quantitative estimate of drug-likeness (QED) is 0.723. The molecule has 1 aromatic carbocycles. The molecule has 0 spiro atoms. The fourth-order valence-corrected chi connectivity index (χ4v) is 2.49. The second kappa shape index (κ2) is 4.16. The lowest BCUT2D eigenvalue weighted by Gasteiger charge is -2.01. The summed E-state index contributed by atoms with van der Waals surface area (Å²) in [6.07, 6.45) is 1.67. The predicted molar refractivity (Wildman–Crippen MR) is 72.6 cm³/mol. The van der Waals surface area contributed by atoms with Gasteiger partial charge in [-0.1, -0.05) is 15.9 Å². The normalized spacial score (nSPS) is 11.1. The predicted octanol–water partition coefficient (Wildman–Crippen LogP) is 4.10. The molecule has 86 valence electrons. The van der Waals surface area contributed by atoms with Crippen LogP contribution in [0.1, 0.15) is 5.76 Å². The van der Waals surface area contributed by atoms with Crippen LogP contribution >= 0.6 is 28.1 Å². The van der Waals surface area contributed by atoms with E-state index in [4.69, 9.17) is 16.6 Å². The van der Waals surface area contributed by atoms with E-state index in [9.17, 15) is 0 Å². The fourth-order valence-electron chi connectivity index (χ4n) is 1.85. The lowest BCUT2D eigenvalue weighted by atomic mass is 10.3. The smallest absolute Gasteiger partial charge is 0.178 e. The molecular formula is C12H9BrN2OS. The number of imidazole rings is 1. The van der Waals surface area contributed by atoms with Gasteiger partial charge in [0.15, 0.2) is 4.77 Å². The van der Waals surface area contributed by atoms with Crippen molar-refractivity contribution in [3.63, 3.8) is 0 Å². The number of furan rings is 1. The van der Waals surface area contributed by atoms with Crippen LogP contribution in [0.3, 0.4) is 0 Å². The van der Waals surface area contributed by atoms with E-state index in [1.165, 1.54) is 0 Å². The van der Waals surface area contributed by atoms with Crippen LogP contribution in [0, 0.1) is 4.77 Å². The maximum atomic E-state index is 5.34. The van der Waals surface area contributed by atoms with Gasteiger partial charge in [-0.2, -0.15) is 0 Å². The van der Waals surface area contributed by atoms with Crippen molar-refractivity contribution < 1.29 is 4.42 Å². The summed E-state index contributed by atoms with van der Waals surface area (Å²) in [6.45, 7) is 0.646. The molecule has 5 heteroatoms. The Labute approximate surface area is 111 Å². The van der Waals surface area contributed by atoms with Crippen LogP contribution in [0.2, 0.25) is 0 Å². The highest BCUT2D eigenvalue weighted by molar-refractivity contribution is 9.10. The van der Waals surface area contributed by atoms with Crippen molar-refractivity contribution >= 4 is 39.2 Å². The van der Waals surface area contributed by atoms with Gasteiger partial charge in [0, 0.05) is 4.47 Å². The molecule has 0 aliphatic carbocycles. The third-order valence-electron chi connectivity index (χ3n) is 2.63. The number of benzene rings is 1. The van der Waals surface area contributed by atoms with Gasteiger partial charge in [-0.3, -0.25) is 0 Å². The Morgan fingerprint density at radius 3 is 3.00 bits per heavy atom. The maximum Gasteiger partial charge on any atom is 0.178 e. The zero-order chi connectivity index (χ0) is 11.8. The monoisotopic (exact) mass is 308 g/mol. The van der Waals surface area contributed by atoms with Gasteiger partial charge in [-0.25, -0.2) is 0 Å². The summed E-state index contributed by atoms with van der Waals surface area (Å²) in [4.78, 5) is 3.19. The van der Waals surface area contributed by atoms with E-state index in [2.05, 4.69) is 20.9 Å². The zero-order valence-corrected chi connectivity index (χ0v) is 11.2. The average Bonchev–Trinajstić information content (AvgIpc) is 2.88. The Bertz CT molecular complexity index is 712. The van der Waals surface area contributed by atoms with Crippen molar-refractivity contribution in [1.29, 1.82) is 0 Å². The van der Waals surface area contributed by atoms with Crippen LogP contribution in [-0.4, -0.2) is 9.55 Å². The highest BCUT2D eigenvalue weighted by atomic mass is 79.9. The molecule has 0 fully saturated rings. The number of halogens is 1. The van der Waals surface area contributed by atoms with Gasteiger partial charge in [0.1, 0.15) is 5.76 Å². The first-order valence-electron chi connectivity index (χ1n) is 5.14. The van der Waals surface area contributed by atoms with E-state index in [0.29, 0.717) is 11.3 Å². The van der Waals surface area contributed by atoms with Crippen LogP contribution in [0.15, 0.2) is 45.5 Å². The first kappa shape index (κ1) is 10.8. The summed E-state index contributed by atoms with van der Waals surface area (Å²) >= 11 is 8.76. The average molecular weight is 309 g/mol. The topological polar surface area (TPSA) is 33.9 Å². The van der Waals surface area contributed by atoms with Crippen LogP contribution in [0.5, 0.6) is 0 Å². The van der Waals surface area contributed by atoms with Gasteiger partial charge in [0.2, 0.25) is 0 Å². The van der Waals surface area contributed by atoms with Crippen molar-refractivity contribution in [1.82, 2.24) is 9.55 Å². The van der Waals surface area contributed by atoms with Crippen molar-refractivity contribution in [3.8, 4) is 0 Å². The summed E-state index contributed by atoms with van der Waals surface area (Å²) in [7, 11) is 0. The van der Waals surface area contributed by atoms with Crippen LogP contribution in [0.4, 0.5) is 0 Å². The molecule has 0 atom stereocenters. The summed E-state index contributed by atoms with van der Waals surface area (Å²) in [5.74, 6) is 0.893. The second-order valence-corrected chi connectivity index (χ2v) is 5.06. The molecule has 0 radical (unpaired) electrons. The first-order chi connectivity index (χ1) is 8.24. The molecule has 0 aliphatic rings. The largest absolute Gasteiger partial charge is 0.467 e. The molecule has 0 saturated carbocycles. The molecule has 0 amide bonds. The summed E-state index contributed by atoms with van der Waals surface area (Å²) in [5, 5.41) is 0. The minimum Gasteiger partial charge on any atom is -0.467 e. The first-order valence-corrected chi connectivity index (χ1v) is 6.34. The molecular weight excluding hydrogens is 300 g/mol. The Balaban J connectivity index is 2.16. The highest BCUT2D eigenvalue weighted by Gasteiger charge is 2.06. The Hall–Kier alpha value is -1.33. The minimum atomic E-state index is 0.646. The van der Waals surface area contributed by atoms with Crippen molar-refractivity contribution in [2.24, 2.45) is 0 Å². The summed E-state index contributed by atoms with van der Waals surface area (Å²) in [6, 6.07) is 9.88. The molecule has 0 bridgehead atoms. The summed E-state index contributed by atoms with van der Waals surface area (Å²) in [5.41, 5.74) is 2.10. The fraction of sp³-hybridized carbons (Fsp3) is 0.0833. The van der Waals surface area contributed by atoms with E-state index in [1.807, 2.05) is 34.9 Å². The molecule has 17 heavy (non-hydrogen) atoms. The van der Waals surface area contributed by atoms with Gasteiger partial charge < -0.3 is 14.0 Å². The van der Waals surface area contributed by atoms with Gasteiger partial charge in [-0.05, 0) is 42.5 Å². The van der Waals surface area contributed by atoms with Gasteiger partial charge in [-0.15, -0.1) is 0 Å². The number of rotatable bonds is 2. The van der Waals surface area contributed by atoms with E-state index in [-0.39, 0.29) is 0 Å². The van der Waals surface area contributed by atoms with Crippen molar-refractivity contribution in [2.75, 3.05) is 0 Å². The summed E-state index contributed by atoms with van der Waals surface area (Å²) < 4.78 is 9.10. The zero-order valence-electron chi connectivity index (χ0n) is 8.81. The van der Waals surface area contributed by atoms with E-state index in [0.717, 1.165) is 21.3 Å². The Morgan fingerprint density at radius 1 is 1.35 bits per heavy atom. The lowest BCUT2D eigenvalue weighted by molar-refractivity contribution is 0.495. The molecule has 2 heterocycles. The molecule has 0 aliphatic heterocycles. The number of nitrogens with one attached hydrogen (secondary N) is 1. The number of aromatic amines is 1. The number of hydrogen-bond acceptors (Lipinski definition) is 2. The van der Waals surface area contributed by atoms with E-state index < -0.39 is 0 Å². The SMILES string of the molecule is S=c1[nH]c2cc(Br)ccc2n1Cc1ccco1. The molecule has 3 aromatic rings. The lowest BCUT2D eigenvalue weighted by Crippen LogP contribution is -1.97. The van der Waals surface area contributed by atoms with Crippen molar-refractivity contribution in [2.45, 2.75) is 6.54 Å². The van der Waals surface area contributed by atoms with E-state index in [1.54, 1.807) is 6.26 Å². The number of hydrogen-bond donors (Lipinski definition) is 1. The molecule has 1 N–H and O–H groups in total. The third kappa shape index (κ3) is 1.96. The number of aromatic nitrogens is 2. The molecule has 0 saturated heterocycles. The minimum absolute atomic E-state index is 0.646. The van der Waals surface area contributed by atoms with Crippen LogP contribution in [-0.2, 0) is 6.54 Å². The maximum absolute atomic E-state index is 5.34. The van der Waals surface area contributed by atoms with Gasteiger partial charge >= 0.3 is 0 Å². The Kier molecular flexibility index (Phi) is 2.64. The number of fused-ring (bicyclic) bond motifs is 1. The Morgan fingerprint density at radius 2 is 2.24 bits per heavy atom. The highest BCUT2D eigenvalue weighted by Crippen LogP contribution is 2.20. The third-order valence-corrected chi connectivity index (χ3v) is 3.45. The number of nitrogens with zero attached hydrogens (tertiary/aromatic N) is 1. The van der Waals surface area contributed by atoms with E-state index >= 15 is 0 Å². The van der Waals surface area contributed by atoms with Crippen LogP contribution < -0.4 is 0 Å². The second-order valence-electron chi connectivity index (χ2n) is 3.76. The molecule has 3 nitrogen and oxygen atoms in total. The van der Waals surface area contributed by atoms with Crippen molar-refractivity contribution in [3.05, 3.63) is 51.6 Å². The molecule has 3 rings (SSSR count). The van der Waals surface area contributed by atoms with Gasteiger partial charge in [0.05, 0.1) is 23.8 Å². The standard InChI is InChI=1S/C12H9BrN2OS/c13-8-3-4-11-10(6-8)14-12(17)15(11)7-9-2-1-5-16-9/h1-6H,7H2,(H,14,17). The number of H-pyrrole nitrogens is 1.